The lowest BCUT2D eigenvalue weighted by atomic mass is 10.1. The number of hydrogen-bond acceptors (Lipinski definition) is 2. The van der Waals surface area contributed by atoms with Crippen molar-refractivity contribution < 1.29 is 4.74 Å². The smallest absolute Gasteiger partial charge is 0.132 e. The van der Waals surface area contributed by atoms with Crippen LogP contribution in [0.5, 0.6) is 11.5 Å². The van der Waals surface area contributed by atoms with E-state index in [-0.39, 0.29) is 0 Å². The lowest BCUT2D eigenvalue weighted by molar-refractivity contribution is 0.479. The van der Waals surface area contributed by atoms with Crippen molar-refractivity contribution in [1.29, 1.82) is 0 Å². The van der Waals surface area contributed by atoms with E-state index in [1.807, 2.05) is 56.3 Å². The van der Waals surface area contributed by atoms with E-state index >= 15 is 0 Å². The van der Waals surface area contributed by atoms with Crippen molar-refractivity contribution in [1.82, 2.24) is 0 Å². The van der Waals surface area contributed by atoms with Crippen LogP contribution in [0.25, 0.3) is 0 Å². The molecule has 0 aliphatic carbocycles. The van der Waals surface area contributed by atoms with Gasteiger partial charge in [0.05, 0.1) is 0 Å². The molecule has 2 heteroatoms. The summed E-state index contributed by atoms with van der Waals surface area (Å²) in [5.41, 5.74) is 8.80. The maximum Gasteiger partial charge on any atom is 0.132 e. The first-order chi connectivity index (χ1) is 7.66. The van der Waals surface area contributed by atoms with E-state index in [1.54, 1.807) is 0 Å². The van der Waals surface area contributed by atoms with Gasteiger partial charge in [0.2, 0.25) is 0 Å². The highest BCUT2D eigenvalue weighted by Crippen LogP contribution is 2.28. The Labute approximate surface area is 95.7 Å². The molecule has 0 aliphatic heterocycles. The van der Waals surface area contributed by atoms with E-state index in [9.17, 15) is 0 Å². The minimum atomic E-state index is 0.761. The van der Waals surface area contributed by atoms with Gasteiger partial charge in [0.25, 0.3) is 0 Å². The van der Waals surface area contributed by atoms with E-state index < -0.39 is 0 Å². The Hall–Kier alpha value is -1.96. The average Bonchev–Trinajstić information content (AvgIpc) is 2.27. The normalized spacial score (nSPS) is 10.1. The predicted octanol–water partition coefficient (Wildman–Crippen LogP) is 3.68. The van der Waals surface area contributed by atoms with Crippen molar-refractivity contribution in [2.24, 2.45) is 0 Å². The van der Waals surface area contributed by atoms with Gasteiger partial charge >= 0.3 is 0 Å². The molecule has 16 heavy (non-hydrogen) atoms. The van der Waals surface area contributed by atoms with Crippen LogP contribution in [-0.2, 0) is 0 Å². The van der Waals surface area contributed by atoms with Gasteiger partial charge in [-0.05, 0) is 37.1 Å². The van der Waals surface area contributed by atoms with E-state index in [2.05, 4.69) is 0 Å². The third-order valence-electron chi connectivity index (χ3n) is 2.53. The number of nitrogens with two attached hydrogens (primary N) is 1. The van der Waals surface area contributed by atoms with Crippen LogP contribution in [0, 0.1) is 13.8 Å². The van der Waals surface area contributed by atoms with Crippen molar-refractivity contribution in [3.05, 3.63) is 53.6 Å². The van der Waals surface area contributed by atoms with Crippen LogP contribution >= 0.6 is 0 Å². The zero-order valence-corrected chi connectivity index (χ0v) is 9.53. The van der Waals surface area contributed by atoms with Gasteiger partial charge in [-0.3, -0.25) is 0 Å². The molecule has 0 saturated carbocycles. The maximum absolute atomic E-state index is 5.86. The van der Waals surface area contributed by atoms with Gasteiger partial charge < -0.3 is 10.5 Å². The van der Waals surface area contributed by atoms with Crippen molar-refractivity contribution in [3.63, 3.8) is 0 Å². The first-order valence-electron chi connectivity index (χ1n) is 5.26. The summed E-state index contributed by atoms with van der Waals surface area (Å²) >= 11 is 0. The summed E-state index contributed by atoms with van der Waals surface area (Å²) in [4.78, 5) is 0. The third-order valence-corrected chi connectivity index (χ3v) is 2.53. The molecule has 2 rings (SSSR count). The van der Waals surface area contributed by atoms with E-state index in [4.69, 9.17) is 10.5 Å². The number of aryl methyl sites for hydroxylation is 2. The van der Waals surface area contributed by atoms with Crippen LogP contribution < -0.4 is 10.5 Å². The van der Waals surface area contributed by atoms with Crippen LogP contribution in [0.4, 0.5) is 5.69 Å². The van der Waals surface area contributed by atoms with E-state index in [0.29, 0.717) is 0 Å². The summed E-state index contributed by atoms with van der Waals surface area (Å²) in [7, 11) is 0. The number of hydrogen-bond donors (Lipinski definition) is 1. The first kappa shape index (κ1) is 10.6. The molecule has 0 saturated heterocycles. The van der Waals surface area contributed by atoms with Gasteiger partial charge in [-0.15, -0.1) is 0 Å². The molecule has 0 amide bonds. The Morgan fingerprint density at radius 3 is 2.31 bits per heavy atom. The molecule has 2 aromatic rings. The van der Waals surface area contributed by atoms with Crippen molar-refractivity contribution in [2.45, 2.75) is 13.8 Å². The van der Waals surface area contributed by atoms with Crippen LogP contribution in [-0.4, -0.2) is 0 Å². The summed E-state index contributed by atoms with van der Waals surface area (Å²) in [6, 6.07) is 13.6. The third kappa shape index (κ3) is 2.16. The lowest BCUT2D eigenvalue weighted by Gasteiger charge is -2.11. The Morgan fingerprint density at radius 2 is 1.62 bits per heavy atom. The first-order valence-corrected chi connectivity index (χ1v) is 5.26. The standard InChI is InChI=1S/C14H15NO/c1-10-8-11(2)14(9-13(10)15)16-12-6-4-3-5-7-12/h3-9H,15H2,1-2H3. The number of anilines is 1. The Kier molecular flexibility index (Phi) is 2.82. The molecule has 0 aliphatic rings. The fraction of sp³-hybridized carbons (Fsp3) is 0.143. The second-order valence-corrected chi connectivity index (χ2v) is 3.89. The number of ether oxygens (including phenoxy) is 1. The van der Waals surface area contributed by atoms with Crippen molar-refractivity contribution in [2.75, 3.05) is 5.73 Å². The molecule has 0 aromatic heterocycles. The molecule has 0 fully saturated rings. The molecule has 0 spiro atoms. The monoisotopic (exact) mass is 213 g/mol. The summed E-state index contributed by atoms with van der Waals surface area (Å²) < 4.78 is 5.76. The highest BCUT2D eigenvalue weighted by atomic mass is 16.5. The number of benzene rings is 2. The number of rotatable bonds is 2. The molecule has 0 atom stereocenters. The Balaban J connectivity index is 2.32. The fourth-order valence-corrected chi connectivity index (χ4v) is 1.57. The molecular weight excluding hydrogens is 198 g/mol. The highest BCUT2D eigenvalue weighted by Gasteiger charge is 2.04. The van der Waals surface area contributed by atoms with Gasteiger partial charge in [-0.25, -0.2) is 0 Å². The zero-order chi connectivity index (χ0) is 11.5. The summed E-state index contributed by atoms with van der Waals surface area (Å²) in [6.07, 6.45) is 0. The van der Waals surface area contributed by atoms with Crippen LogP contribution in [0.3, 0.4) is 0 Å². The van der Waals surface area contributed by atoms with Crippen molar-refractivity contribution in [3.8, 4) is 11.5 Å². The summed E-state index contributed by atoms with van der Waals surface area (Å²) in [5, 5.41) is 0. The molecule has 2 nitrogen and oxygen atoms in total. The molecule has 0 radical (unpaired) electrons. The topological polar surface area (TPSA) is 35.2 Å². The molecule has 2 N–H and O–H groups in total. The van der Waals surface area contributed by atoms with Gasteiger partial charge in [-0.2, -0.15) is 0 Å². The Morgan fingerprint density at radius 1 is 0.938 bits per heavy atom. The maximum atomic E-state index is 5.86. The lowest BCUT2D eigenvalue weighted by Crippen LogP contribution is -1.94. The molecular formula is C14H15NO. The fourth-order valence-electron chi connectivity index (χ4n) is 1.57. The highest BCUT2D eigenvalue weighted by molar-refractivity contribution is 5.54. The van der Waals surface area contributed by atoms with Gasteiger partial charge in [-0.1, -0.05) is 24.3 Å². The summed E-state index contributed by atoms with van der Waals surface area (Å²) in [6.45, 7) is 4.01. The van der Waals surface area contributed by atoms with E-state index in [0.717, 1.165) is 28.3 Å². The molecule has 0 unspecified atom stereocenters. The van der Waals surface area contributed by atoms with Gasteiger partial charge in [0.15, 0.2) is 0 Å². The minimum absolute atomic E-state index is 0.761. The second-order valence-electron chi connectivity index (χ2n) is 3.89. The minimum Gasteiger partial charge on any atom is -0.457 e. The average molecular weight is 213 g/mol. The van der Waals surface area contributed by atoms with E-state index in [1.165, 1.54) is 0 Å². The molecule has 0 heterocycles. The largest absolute Gasteiger partial charge is 0.457 e. The molecule has 0 bridgehead atoms. The Bertz CT molecular complexity index is 492. The molecule has 82 valence electrons. The zero-order valence-electron chi connectivity index (χ0n) is 9.53. The quantitative estimate of drug-likeness (QED) is 0.772. The number of nitrogen functional groups attached to an aromatic ring is 1. The SMILES string of the molecule is Cc1cc(C)c(Oc2ccccc2)cc1N. The van der Waals surface area contributed by atoms with Crippen LogP contribution in [0.1, 0.15) is 11.1 Å². The predicted molar refractivity (Wildman–Crippen MR) is 66.8 cm³/mol. The summed E-state index contributed by atoms with van der Waals surface area (Å²) in [5.74, 6) is 1.64. The van der Waals surface area contributed by atoms with Crippen molar-refractivity contribution >= 4 is 5.69 Å². The number of para-hydroxylation sites is 1. The molecule has 2 aromatic carbocycles. The van der Waals surface area contributed by atoms with Crippen LogP contribution in [0.2, 0.25) is 0 Å². The second kappa shape index (κ2) is 4.27. The van der Waals surface area contributed by atoms with Gasteiger partial charge in [0.1, 0.15) is 11.5 Å². The van der Waals surface area contributed by atoms with Gasteiger partial charge in [0, 0.05) is 11.8 Å². The van der Waals surface area contributed by atoms with Crippen LogP contribution in [0.15, 0.2) is 42.5 Å².